The van der Waals surface area contributed by atoms with Crippen molar-refractivity contribution >= 4 is 6.29 Å². The summed E-state index contributed by atoms with van der Waals surface area (Å²) in [5.74, 6) is 2.44. The highest BCUT2D eigenvalue weighted by atomic mass is 16.5. The molecule has 0 aliphatic heterocycles. The maximum atomic E-state index is 10.9. The van der Waals surface area contributed by atoms with Crippen LogP contribution in [0.3, 0.4) is 0 Å². The van der Waals surface area contributed by atoms with Crippen LogP contribution in [0.1, 0.15) is 41.3 Å². The number of aldehydes is 1. The van der Waals surface area contributed by atoms with Gasteiger partial charge in [0.25, 0.3) is 0 Å². The summed E-state index contributed by atoms with van der Waals surface area (Å²) in [6.07, 6.45) is 0.781. The van der Waals surface area contributed by atoms with Crippen molar-refractivity contribution in [3.8, 4) is 17.2 Å². The van der Waals surface area contributed by atoms with E-state index >= 15 is 0 Å². The molecule has 0 aliphatic carbocycles. The zero-order valence-corrected chi connectivity index (χ0v) is 14.7. The Morgan fingerprint density at radius 3 is 2.42 bits per heavy atom. The minimum Gasteiger partial charge on any atom is -0.493 e. The maximum Gasteiger partial charge on any atom is 0.162 e. The van der Waals surface area contributed by atoms with Gasteiger partial charge >= 0.3 is 0 Å². The Morgan fingerprint density at radius 1 is 1.00 bits per heavy atom. The molecule has 128 valence electrons. The number of ether oxygens (including phenoxy) is 3. The topological polar surface area (TPSA) is 44.8 Å². The number of hydrogen-bond acceptors (Lipinski definition) is 4. The summed E-state index contributed by atoms with van der Waals surface area (Å²) < 4.78 is 16.7. The standard InChI is InChI=1S/C20H24O4/c1-14(2)17-9-15(3)10-18(12-17)23-7-8-24-20-11-16(13-21)5-6-19(20)22-4/h5-6,9-14H,7-8H2,1-4H3. The lowest BCUT2D eigenvalue weighted by Gasteiger charge is -2.13. The number of aryl methyl sites for hydroxylation is 1. The van der Waals surface area contributed by atoms with E-state index in [1.807, 2.05) is 6.07 Å². The lowest BCUT2D eigenvalue weighted by atomic mass is 10.0. The van der Waals surface area contributed by atoms with Gasteiger partial charge in [-0.1, -0.05) is 19.9 Å². The predicted octanol–water partition coefficient (Wildman–Crippen LogP) is 4.40. The van der Waals surface area contributed by atoms with Gasteiger partial charge in [-0.3, -0.25) is 4.79 Å². The summed E-state index contributed by atoms with van der Waals surface area (Å²) in [6.45, 7) is 7.16. The summed E-state index contributed by atoms with van der Waals surface area (Å²) in [5.41, 5.74) is 2.98. The van der Waals surface area contributed by atoms with Crippen molar-refractivity contribution in [1.29, 1.82) is 0 Å². The van der Waals surface area contributed by atoms with Gasteiger partial charge in [0.15, 0.2) is 11.5 Å². The van der Waals surface area contributed by atoms with Gasteiger partial charge < -0.3 is 14.2 Å². The van der Waals surface area contributed by atoms with Crippen LogP contribution in [0.5, 0.6) is 17.2 Å². The molecule has 0 atom stereocenters. The van der Waals surface area contributed by atoms with E-state index in [9.17, 15) is 4.79 Å². The molecule has 0 N–H and O–H groups in total. The third-order valence-electron chi connectivity index (χ3n) is 3.67. The molecule has 2 aromatic rings. The van der Waals surface area contributed by atoms with E-state index in [2.05, 4.69) is 32.9 Å². The quantitative estimate of drug-likeness (QED) is 0.532. The Labute approximate surface area is 143 Å². The van der Waals surface area contributed by atoms with E-state index < -0.39 is 0 Å². The highest BCUT2D eigenvalue weighted by molar-refractivity contribution is 5.76. The van der Waals surface area contributed by atoms with Crippen LogP contribution in [0.2, 0.25) is 0 Å². The molecule has 2 aromatic carbocycles. The van der Waals surface area contributed by atoms with Crippen molar-refractivity contribution in [1.82, 2.24) is 0 Å². The first-order valence-corrected chi connectivity index (χ1v) is 8.04. The van der Waals surface area contributed by atoms with Crippen molar-refractivity contribution in [3.05, 3.63) is 53.1 Å². The lowest BCUT2D eigenvalue weighted by molar-refractivity contribution is 0.112. The fraction of sp³-hybridized carbons (Fsp3) is 0.350. The fourth-order valence-electron chi connectivity index (χ4n) is 2.38. The van der Waals surface area contributed by atoms with Gasteiger partial charge in [-0.2, -0.15) is 0 Å². The molecule has 0 unspecified atom stereocenters. The minimum absolute atomic E-state index is 0.365. The molecule has 0 radical (unpaired) electrons. The van der Waals surface area contributed by atoms with Crippen LogP contribution < -0.4 is 14.2 Å². The fourth-order valence-corrected chi connectivity index (χ4v) is 2.38. The van der Waals surface area contributed by atoms with Crippen LogP contribution in [0.25, 0.3) is 0 Å². The molecule has 0 aliphatic rings. The number of rotatable bonds is 8. The SMILES string of the molecule is COc1ccc(C=O)cc1OCCOc1cc(C)cc(C(C)C)c1. The molecule has 0 spiro atoms. The molecular weight excluding hydrogens is 304 g/mol. The zero-order valence-electron chi connectivity index (χ0n) is 14.7. The Hall–Kier alpha value is -2.49. The number of hydrogen-bond donors (Lipinski definition) is 0. The van der Waals surface area contributed by atoms with Crippen molar-refractivity contribution in [3.63, 3.8) is 0 Å². The molecule has 4 nitrogen and oxygen atoms in total. The molecule has 0 amide bonds. The van der Waals surface area contributed by atoms with E-state index in [-0.39, 0.29) is 0 Å². The Morgan fingerprint density at radius 2 is 1.75 bits per heavy atom. The van der Waals surface area contributed by atoms with Crippen LogP contribution in [0.4, 0.5) is 0 Å². The molecule has 0 aromatic heterocycles. The summed E-state index contributed by atoms with van der Waals surface area (Å²) in [7, 11) is 1.57. The van der Waals surface area contributed by atoms with Gasteiger partial charge in [-0.05, 0) is 54.3 Å². The van der Waals surface area contributed by atoms with Crippen LogP contribution in [0, 0.1) is 6.92 Å². The van der Waals surface area contributed by atoms with Crippen molar-refractivity contribution in [2.24, 2.45) is 0 Å². The van der Waals surface area contributed by atoms with Crippen LogP contribution in [-0.2, 0) is 0 Å². The van der Waals surface area contributed by atoms with Crippen LogP contribution in [-0.4, -0.2) is 26.6 Å². The molecule has 0 fully saturated rings. The lowest BCUT2D eigenvalue weighted by Crippen LogP contribution is -2.10. The number of benzene rings is 2. The molecule has 0 bridgehead atoms. The molecule has 0 heterocycles. The van der Waals surface area contributed by atoms with Crippen molar-refractivity contribution < 1.29 is 19.0 Å². The monoisotopic (exact) mass is 328 g/mol. The highest BCUT2D eigenvalue weighted by Crippen LogP contribution is 2.27. The van der Waals surface area contributed by atoms with Gasteiger partial charge in [-0.25, -0.2) is 0 Å². The normalized spacial score (nSPS) is 10.5. The Bertz CT molecular complexity index is 692. The minimum atomic E-state index is 0.365. The Balaban J connectivity index is 1.95. The largest absolute Gasteiger partial charge is 0.493 e. The average molecular weight is 328 g/mol. The number of methoxy groups -OCH3 is 1. The molecule has 24 heavy (non-hydrogen) atoms. The zero-order chi connectivity index (χ0) is 17.5. The molecule has 0 saturated heterocycles. The van der Waals surface area contributed by atoms with Crippen molar-refractivity contribution in [2.75, 3.05) is 20.3 Å². The molecule has 2 rings (SSSR count). The number of carbonyl (C=O) groups excluding carboxylic acids is 1. The van der Waals surface area contributed by atoms with Gasteiger partial charge in [0, 0.05) is 5.56 Å². The van der Waals surface area contributed by atoms with Crippen molar-refractivity contribution in [2.45, 2.75) is 26.7 Å². The Kier molecular flexibility index (Phi) is 6.24. The van der Waals surface area contributed by atoms with E-state index in [1.165, 1.54) is 11.1 Å². The summed E-state index contributed by atoms with van der Waals surface area (Å²) >= 11 is 0. The van der Waals surface area contributed by atoms with Gasteiger partial charge in [0.2, 0.25) is 0 Å². The molecule has 4 heteroatoms. The third-order valence-corrected chi connectivity index (χ3v) is 3.67. The van der Waals surface area contributed by atoms with E-state index in [0.717, 1.165) is 12.0 Å². The van der Waals surface area contributed by atoms with Gasteiger partial charge in [0.1, 0.15) is 25.2 Å². The maximum absolute atomic E-state index is 10.9. The predicted molar refractivity (Wildman–Crippen MR) is 94.6 cm³/mol. The van der Waals surface area contributed by atoms with E-state index in [0.29, 0.717) is 36.2 Å². The highest BCUT2D eigenvalue weighted by Gasteiger charge is 2.07. The van der Waals surface area contributed by atoms with E-state index in [4.69, 9.17) is 14.2 Å². The van der Waals surface area contributed by atoms with E-state index in [1.54, 1.807) is 25.3 Å². The van der Waals surface area contributed by atoms with Crippen LogP contribution in [0.15, 0.2) is 36.4 Å². The first-order valence-electron chi connectivity index (χ1n) is 8.04. The second-order valence-corrected chi connectivity index (χ2v) is 5.96. The smallest absolute Gasteiger partial charge is 0.162 e. The van der Waals surface area contributed by atoms with Gasteiger partial charge in [0.05, 0.1) is 7.11 Å². The average Bonchev–Trinajstić information content (AvgIpc) is 2.58. The second kappa shape index (κ2) is 8.39. The number of carbonyl (C=O) groups is 1. The first-order chi connectivity index (χ1) is 11.5. The second-order valence-electron chi connectivity index (χ2n) is 5.96. The third kappa shape index (κ3) is 4.75. The molecule has 0 saturated carbocycles. The molecular formula is C20H24O4. The summed E-state index contributed by atoms with van der Waals surface area (Å²) in [5, 5.41) is 0. The summed E-state index contributed by atoms with van der Waals surface area (Å²) in [4.78, 5) is 10.9. The van der Waals surface area contributed by atoms with Crippen LogP contribution >= 0.6 is 0 Å². The van der Waals surface area contributed by atoms with Gasteiger partial charge in [-0.15, -0.1) is 0 Å². The first kappa shape index (κ1) is 17.9. The summed E-state index contributed by atoms with van der Waals surface area (Å²) in [6, 6.07) is 11.3.